The molecule has 2 N–H and O–H groups in total. The average Bonchev–Trinajstić information content (AvgIpc) is 3.28. The second-order valence-corrected chi connectivity index (χ2v) is 7.78. The van der Waals surface area contributed by atoms with Crippen molar-refractivity contribution in [3.63, 3.8) is 0 Å². The van der Waals surface area contributed by atoms with Crippen molar-refractivity contribution in [2.75, 3.05) is 13.1 Å². The normalized spacial score (nSPS) is 21.9. The molecule has 7 heteroatoms. The molecule has 0 aliphatic carbocycles. The third-order valence-electron chi connectivity index (χ3n) is 5.76. The third kappa shape index (κ3) is 3.35. The van der Waals surface area contributed by atoms with Gasteiger partial charge in [0.2, 0.25) is 5.91 Å². The van der Waals surface area contributed by atoms with Crippen molar-refractivity contribution in [3.8, 4) is 16.9 Å². The quantitative estimate of drug-likeness (QED) is 0.615. The number of nitrogens with one attached hydrogen (secondary N) is 2. The zero-order valence-corrected chi connectivity index (χ0v) is 16.2. The summed E-state index contributed by atoms with van der Waals surface area (Å²) in [5.41, 5.74) is 3.38. The maximum Gasteiger partial charge on any atom is 0.237 e. The van der Waals surface area contributed by atoms with E-state index in [-0.39, 0.29) is 23.9 Å². The SMILES string of the molecule is Cn1nc2cc(F)cc3c2c1CCCNC(=O)[C@@H]1C[C@@H](CN1)Oc1cccc-3c1. The fourth-order valence-electron chi connectivity index (χ4n) is 4.39. The van der Waals surface area contributed by atoms with E-state index in [1.807, 2.05) is 36.0 Å². The number of aromatic nitrogens is 2. The van der Waals surface area contributed by atoms with Crippen molar-refractivity contribution in [1.82, 2.24) is 20.4 Å². The number of rotatable bonds is 0. The fourth-order valence-corrected chi connectivity index (χ4v) is 4.39. The molecule has 2 aliphatic heterocycles. The van der Waals surface area contributed by atoms with Crippen LogP contribution in [0.5, 0.6) is 5.75 Å². The summed E-state index contributed by atoms with van der Waals surface area (Å²) in [5, 5.41) is 11.7. The number of halogens is 1. The van der Waals surface area contributed by atoms with E-state index in [2.05, 4.69) is 15.7 Å². The monoisotopic (exact) mass is 394 g/mol. The Hall–Kier alpha value is -2.93. The molecule has 29 heavy (non-hydrogen) atoms. The first-order chi connectivity index (χ1) is 14.1. The van der Waals surface area contributed by atoms with Crippen LogP contribution in [0.1, 0.15) is 18.5 Å². The Balaban J connectivity index is 1.64. The Morgan fingerprint density at radius 1 is 1.28 bits per heavy atom. The molecule has 3 aromatic rings. The van der Waals surface area contributed by atoms with Gasteiger partial charge in [-0.2, -0.15) is 5.10 Å². The molecular formula is C22H23FN4O2. The Morgan fingerprint density at radius 3 is 3.07 bits per heavy atom. The van der Waals surface area contributed by atoms with Crippen LogP contribution in [0.3, 0.4) is 0 Å². The summed E-state index contributed by atoms with van der Waals surface area (Å²) in [6, 6.07) is 10.5. The maximum atomic E-state index is 14.4. The standard InChI is InChI=1S/C22H23FN4O2/c1-27-20-6-3-7-24-22(28)19-11-16(12-25-19)29-15-5-2-4-13(8-15)17-9-14(23)10-18(26-27)21(17)20/h2,4-5,8-10,16,19,25H,3,6-7,11-12H2,1H3,(H,24,28)/t16-,19-/m0/s1. The van der Waals surface area contributed by atoms with Crippen LogP contribution in [0, 0.1) is 5.82 Å². The highest BCUT2D eigenvalue weighted by Gasteiger charge is 2.30. The van der Waals surface area contributed by atoms with Crippen LogP contribution in [0.15, 0.2) is 36.4 Å². The van der Waals surface area contributed by atoms with Gasteiger partial charge in [0.25, 0.3) is 0 Å². The first-order valence-corrected chi connectivity index (χ1v) is 10.0. The summed E-state index contributed by atoms with van der Waals surface area (Å²) in [6.45, 7) is 1.21. The molecule has 5 rings (SSSR count). The minimum Gasteiger partial charge on any atom is -0.489 e. The van der Waals surface area contributed by atoms with Gasteiger partial charge >= 0.3 is 0 Å². The summed E-state index contributed by atoms with van der Waals surface area (Å²) < 4.78 is 22.3. The zero-order chi connectivity index (χ0) is 20.0. The lowest BCUT2D eigenvalue weighted by Gasteiger charge is -2.14. The lowest BCUT2D eigenvalue weighted by atomic mass is 9.98. The highest BCUT2D eigenvalue weighted by atomic mass is 19.1. The van der Waals surface area contributed by atoms with Gasteiger partial charge in [0.1, 0.15) is 17.7 Å². The summed E-state index contributed by atoms with van der Waals surface area (Å²) >= 11 is 0. The third-order valence-corrected chi connectivity index (χ3v) is 5.76. The predicted molar refractivity (Wildman–Crippen MR) is 108 cm³/mol. The Morgan fingerprint density at radius 2 is 2.17 bits per heavy atom. The van der Waals surface area contributed by atoms with E-state index in [0.717, 1.165) is 35.0 Å². The summed E-state index contributed by atoms with van der Waals surface area (Å²) in [7, 11) is 1.88. The van der Waals surface area contributed by atoms with Gasteiger partial charge in [-0.1, -0.05) is 12.1 Å². The average molecular weight is 394 g/mol. The number of amides is 1. The van der Waals surface area contributed by atoms with Crippen LogP contribution in [-0.4, -0.2) is 40.9 Å². The molecular weight excluding hydrogens is 371 g/mol. The molecule has 150 valence electrons. The van der Waals surface area contributed by atoms with Crippen molar-refractivity contribution in [3.05, 3.63) is 47.9 Å². The van der Waals surface area contributed by atoms with Gasteiger partial charge in [0, 0.05) is 43.7 Å². The molecule has 3 heterocycles. The summed E-state index contributed by atoms with van der Waals surface area (Å²) in [6.07, 6.45) is 2.07. The van der Waals surface area contributed by atoms with Crippen LogP contribution < -0.4 is 15.4 Å². The number of aryl methyl sites for hydroxylation is 2. The highest BCUT2D eigenvalue weighted by Crippen LogP contribution is 2.34. The van der Waals surface area contributed by atoms with E-state index in [4.69, 9.17) is 4.74 Å². The second kappa shape index (κ2) is 7.15. The number of fused-ring (bicyclic) bond motifs is 5. The number of carbonyl (C=O) groups is 1. The van der Waals surface area contributed by atoms with Gasteiger partial charge in [0.15, 0.2) is 0 Å². The molecule has 2 aromatic carbocycles. The molecule has 6 nitrogen and oxygen atoms in total. The van der Waals surface area contributed by atoms with Gasteiger partial charge in [-0.25, -0.2) is 4.39 Å². The fraction of sp³-hybridized carbons (Fsp3) is 0.364. The largest absolute Gasteiger partial charge is 0.489 e. The van der Waals surface area contributed by atoms with E-state index >= 15 is 0 Å². The zero-order valence-electron chi connectivity index (χ0n) is 16.2. The number of benzene rings is 2. The maximum absolute atomic E-state index is 14.4. The topological polar surface area (TPSA) is 68.2 Å². The van der Waals surface area contributed by atoms with Crippen molar-refractivity contribution >= 4 is 16.8 Å². The lowest BCUT2D eigenvalue weighted by molar-refractivity contribution is -0.122. The molecule has 0 radical (unpaired) electrons. The smallest absolute Gasteiger partial charge is 0.237 e. The van der Waals surface area contributed by atoms with E-state index < -0.39 is 0 Å². The second-order valence-electron chi connectivity index (χ2n) is 7.78. The molecule has 0 spiro atoms. The van der Waals surface area contributed by atoms with Crippen LogP contribution in [0.25, 0.3) is 22.0 Å². The predicted octanol–water partition coefficient (Wildman–Crippen LogP) is 2.55. The number of hydrogen-bond donors (Lipinski definition) is 2. The van der Waals surface area contributed by atoms with Crippen molar-refractivity contribution in [2.45, 2.75) is 31.4 Å². The molecule has 4 bridgehead atoms. The van der Waals surface area contributed by atoms with Gasteiger partial charge in [-0.3, -0.25) is 9.48 Å². The van der Waals surface area contributed by atoms with Crippen LogP contribution in [0.2, 0.25) is 0 Å². The molecule has 1 amide bonds. The molecule has 0 saturated carbocycles. The number of carbonyl (C=O) groups excluding carboxylic acids is 1. The van der Waals surface area contributed by atoms with E-state index in [1.54, 1.807) is 6.07 Å². The molecule has 1 aromatic heterocycles. The van der Waals surface area contributed by atoms with E-state index in [0.29, 0.717) is 30.8 Å². The minimum atomic E-state index is -0.309. The summed E-state index contributed by atoms with van der Waals surface area (Å²) in [4.78, 5) is 12.4. The van der Waals surface area contributed by atoms with Gasteiger partial charge in [-0.05, 0) is 42.2 Å². The van der Waals surface area contributed by atoms with Gasteiger partial charge in [-0.15, -0.1) is 0 Å². The Labute approximate surface area is 168 Å². The summed E-state index contributed by atoms with van der Waals surface area (Å²) in [5.74, 6) is 0.418. The van der Waals surface area contributed by atoms with Gasteiger partial charge in [0.05, 0.1) is 11.6 Å². The number of hydrogen-bond acceptors (Lipinski definition) is 4. The first-order valence-electron chi connectivity index (χ1n) is 10.0. The first kappa shape index (κ1) is 18.1. The Bertz CT molecular complexity index is 1090. The van der Waals surface area contributed by atoms with Crippen LogP contribution >= 0.6 is 0 Å². The minimum absolute atomic E-state index is 0.0114. The molecule has 1 fully saturated rings. The highest BCUT2D eigenvalue weighted by molar-refractivity contribution is 5.97. The molecule has 1 saturated heterocycles. The van der Waals surface area contributed by atoms with Gasteiger partial charge < -0.3 is 15.4 Å². The van der Waals surface area contributed by atoms with Crippen molar-refractivity contribution in [2.24, 2.45) is 7.05 Å². The van der Waals surface area contributed by atoms with Crippen LogP contribution in [0.4, 0.5) is 4.39 Å². The van der Waals surface area contributed by atoms with E-state index in [9.17, 15) is 9.18 Å². The molecule has 2 atom stereocenters. The molecule has 2 aliphatic rings. The van der Waals surface area contributed by atoms with Crippen LogP contribution in [-0.2, 0) is 18.3 Å². The number of nitrogens with zero attached hydrogens (tertiary/aromatic N) is 2. The van der Waals surface area contributed by atoms with Crippen molar-refractivity contribution < 1.29 is 13.9 Å². The lowest BCUT2D eigenvalue weighted by Crippen LogP contribution is -2.40. The number of ether oxygens (including phenoxy) is 1. The van der Waals surface area contributed by atoms with Crippen molar-refractivity contribution in [1.29, 1.82) is 0 Å². The Kier molecular flexibility index (Phi) is 4.47. The van der Waals surface area contributed by atoms with E-state index in [1.165, 1.54) is 6.07 Å². The molecule has 0 unspecified atom stereocenters.